The van der Waals surface area contributed by atoms with E-state index in [9.17, 15) is 4.79 Å². The molecule has 1 aromatic heterocycles. The molecule has 1 aromatic rings. The normalized spacial score (nSPS) is 12.8. The van der Waals surface area contributed by atoms with E-state index < -0.39 is 12.0 Å². The summed E-state index contributed by atoms with van der Waals surface area (Å²) in [7, 11) is 0. The number of nitrogens with two attached hydrogens (primary N) is 1. The summed E-state index contributed by atoms with van der Waals surface area (Å²) in [6.45, 7) is 1.81. The highest BCUT2D eigenvalue weighted by molar-refractivity contribution is 5.72. The lowest BCUT2D eigenvalue weighted by atomic mass is 10.1. The number of carboxylic acid groups (broad SMARTS) is 1. The molecular formula is C8H12N2O3. The first-order chi connectivity index (χ1) is 6.09. The minimum Gasteiger partial charge on any atom is -0.480 e. The SMILES string of the molecule is Cc1cc(CCC(N)C(=O)O)on1. The maximum Gasteiger partial charge on any atom is 0.320 e. The van der Waals surface area contributed by atoms with E-state index >= 15 is 0 Å². The Morgan fingerprint density at radius 1 is 1.85 bits per heavy atom. The summed E-state index contributed by atoms with van der Waals surface area (Å²) in [4.78, 5) is 10.4. The van der Waals surface area contributed by atoms with Crippen LogP contribution in [0, 0.1) is 6.92 Å². The van der Waals surface area contributed by atoms with Gasteiger partial charge >= 0.3 is 5.97 Å². The smallest absolute Gasteiger partial charge is 0.320 e. The molecule has 0 saturated heterocycles. The average Bonchev–Trinajstić information content (AvgIpc) is 2.47. The van der Waals surface area contributed by atoms with E-state index in [-0.39, 0.29) is 0 Å². The molecule has 1 heterocycles. The van der Waals surface area contributed by atoms with Crippen molar-refractivity contribution in [3.05, 3.63) is 17.5 Å². The molecule has 1 atom stereocenters. The molecule has 0 aliphatic heterocycles. The van der Waals surface area contributed by atoms with Crippen LogP contribution in [0.2, 0.25) is 0 Å². The van der Waals surface area contributed by atoms with Gasteiger partial charge < -0.3 is 15.4 Å². The second-order valence-electron chi connectivity index (χ2n) is 2.92. The third-order valence-corrected chi connectivity index (χ3v) is 1.70. The van der Waals surface area contributed by atoms with E-state index in [2.05, 4.69) is 5.16 Å². The molecule has 13 heavy (non-hydrogen) atoms. The Morgan fingerprint density at radius 2 is 2.54 bits per heavy atom. The maximum absolute atomic E-state index is 10.4. The Balaban J connectivity index is 2.39. The van der Waals surface area contributed by atoms with Crippen LogP contribution < -0.4 is 5.73 Å². The first-order valence-electron chi connectivity index (χ1n) is 4.00. The van der Waals surface area contributed by atoms with Crippen molar-refractivity contribution in [3.8, 4) is 0 Å². The molecule has 0 amide bonds. The minimum absolute atomic E-state index is 0.365. The molecule has 0 aliphatic carbocycles. The molecule has 3 N–H and O–H groups in total. The van der Waals surface area contributed by atoms with Gasteiger partial charge in [0.15, 0.2) is 0 Å². The van der Waals surface area contributed by atoms with Gasteiger partial charge in [0.05, 0.1) is 5.69 Å². The summed E-state index contributed by atoms with van der Waals surface area (Å²) >= 11 is 0. The van der Waals surface area contributed by atoms with Gasteiger partial charge in [-0.05, 0) is 13.3 Å². The predicted molar refractivity (Wildman–Crippen MR) is 45.2 cm³/mol. The fourth-order valence-electron chi connectivity index (χ4n) is 0.955. The van der Waals surface area contributed by atoms with Crippen LogP contribution in [0.1, 0.15) is 17.9 Å². The zero-order valence-electron chi connectivity index (χ0n) is 7.36. The number of hydrogen-bond acceptors (Lipinski definition) is 4. The van der Waals surface area contributed by atoms with Gasteiger partial charge in [-0.1, -0.05) is 5.16 Å². The summed E-state index contributed by atoms with van der Waals surface area (Å²) < 4.78 is 4.90. The van der Waals surface area contributed by atoms with Crippen molar-refractivity contribution in [2.45, 2.75) is 25.8 Å². The summed E-state index contributed by atoms with van der Waals surface area (Å²) in [6, 6.07) is 0.944. The van der Waals surface area contributed by atoms with E-state index in [0.29, 0.717) is 18.6 Å². The number of nitrogens with zero attached hydrogens (tertiary/aromatic N) is 1. The van der Waals surface area contributed by atoms with Crippen LogP contribution in [0.25, 0.3) is 0 Å². The number of aromatic nitrogens is 1. The summed E-state index contributed by atoms with van der Waals surface area (Å²) in [5.41, 5.74) is 6.10. The Bertz CT molecular complexity index is 295. The van der Waals surface area contributed by atoms with Gasteiger partial charge in [0, 0.05) is 12.5 Å². The van der Waals surface area contributed by atoms with Crippen molar-refractivity contribution < 1.29 is 14.4 Å². The van der Waals surface area contributed by atoms with Gasteiger partial charge in [-0.25, -0.2) is 0 Å². The van der Waals surface area contributed by atoms with Crippen LogP contribution in [0.4, 0.5) is 0 Å². The summed E-state index contributed by atoms with van der Waals surface area (Å²) in [5.74, 6) is -0.314. The van der Waals surface area contributed by atoms with Crippen molar-refractivity contribution >= 4 is 5.97 Å². The van der Waals surface area contributed by atoms with E-state index in [1.165, 1.54) is 0 Å². The third kappa shape index (κ3) is 2.87. The van der Waals surface area contributed by atoms with Gasteiger partial charge in [0.25, 0.3) is 0 Å². The van der Waals surface area contributed by atoms with Crippen molar-refractivity contribution in [1.29, 1.82) is 0 Å². The first kappa shape index (κ1) is 9.73. The number of carboxylic acids is 1. The minimum atomic E-state index is -0.990. The molecule has 0 aromatic carbocycles. The zero-order valence-corrected chi connectivity index (χ0v) is 7.36. The Hall–Kier alpha value is -1.36. The molecule has 5 nitrogen and oxygen atoms in total. The van der Waals surface area contributed by atoms with Crippen LogP contribution in [0.15, 0.2) is 10.6 Å². The maximum atomic E-state index is 10.4. The number of aryl methyl sites for hydroxylation is 2. The molecule has 1 unspecified atom stereocenters. The highest BCUT2D eigenvalue weighted by atomic mass is 16.5. The van der Waals surface area contributed by atoms with Crippen molar-refractivity contribution in [1.82, 2.24) is 5.16 Å². The monoisotopic (exact) mass is 184 g/mol. The van der Waals surface area contributed by atoms with Gasteiger partial charge in [0.2, 0.25) is 0 Å². The second-order valence-corrected chi connectivity index (χ2v) is 2.92. The van der Waals surface area contributed by atoms with E-state index in [4.69, 9.17) is 15.4 Å². The lowest BCUT2D eigenvalue weighted by molar-refractivity contribution is -0.138. The lowest BCUT2D eigenvalue weighted by Gasteiger charge is -2.02. The van der Waals surface area contributed by atoms with Crippen LogP contribution in [-0.2, 0) is 11.2 Å². The number of aliphatic carboxylic acids is 1. The van der Waals surface area contributed by atoms with E-state index in [1.807, 2.05) is 6.92 Å². The highest BCUT2D eigenvalue weighted by Crippen LogP contribution is 2.06. The Morgan fingerprint density at radius 3 is 3.00 bits per heavy atom. The van der Waals surface area contributed by atoms with Crippen LogP contribution in [-0.4, -0.2) is 22.3 Å². The van der Waals surface area contributed by atoms with Crippen molar-refractivity contribution in [3.63, 3.8) is 0 Å². The fourth-order valence-corrected chi connectivity index (χ4v) is 0.955. The molecular weight excluding hydrogens is 172 g/mol. The van der Waals surface area contributed by atoms with E-state index in [1.54, 1.807) is 6.07 Å². The molecule has 0 saturated carbocycles. The summed E-state index contributed by atoms with van der Waals surface area (Å²) in [6.07, 6.45) is 0.873. The number of rotatable bonds is 4. The largest absolute Gasteiger partial charge is 0.480 e. The Kier molecular flexibility index (Phi) is 3.02. The molecule has 0 fully saturated rings. The fraction of sp³-hybridized carbons (Fsp3) is 0.500. The molecule has 72 valence electrons. The number of carbonyl (C=O) groups is 1. The topological polar surface area (TPSA) is 89.4 Å². The third-order valence-electron chi connectivity index (χ3n) is 1.70. The quantitative estimate of drug-likeness (QED) is 0.703. The van der Waals surface area contributed by atoms with Gasteiger partial charge in [0.1, 0.15) is 11.8 Å². The molecule has 5 heteroatoms. The summed E-state index contributed by atoms with van der Waals surface area (Å²) in [5, 5.41) is 12.2. The van der Waals surface area contributed by atoms with E-state index in [0.717, 1.165) is 5.69 Å². The number of hydrogen-bond donors (Lipinski definition) is 2. The first-order valence-corrected chi connectivity index (χ1v) is 4.00. The van der Waals surface area contributed by atoms with Crippen LogP contribution in [0.3, 0.4) is 0 Å². The molecule has 1 rings (SSSR count). The van der Waals surface area contributed by atoms with Crippen molar-refractivity contribution in [2.75, 3.05) is 0 Å². The molecule has 0 radical (unpaired) electrons. The van der Waals surface area contributed by atoms with Gasteiger partial charge in [-0.3, -0.25) is 4.79 Å². The van der Waals surface area contributed by atoms with Crippen LogP contribution >= 0.6 is 0 Å². The van der Waals surface area contributed by atoms with Gasteiger partial charge in [-0.15, -0.1) is 0 Å². The highest BCUT2D eigenvalue weighted by Gasteiger charge is 2.12. The van der Waals surface area contributed by atoms with Gasteiger partial charge in [-0.2, -0.15) is 0 Å². The second kappa shape index (κ2) is 4.04. The van der Waals surface area contributed by atoms with Crippen molar-refractivity contribution in [2.24, 2.45) is 5.73 Å². The zero-order chi connectivity index (χ0) is 9.84. The predicted octanol–water partition coefficient (Wildman–Crippen LogP) is 0.328. The van der Waals surface area contributed by atoms with Crippen LogP contribution in [0.5, 0.6) is 0 Å². The Labute approximate surface area is 75.5 Å². The standard InChI is InChI=1S/C8H12N2O3/c1-5-4-6(13-10-5)2-3-7(9)8(11)12/h4,7H,2-3,9H2,1H3,(H,11,12). The average molecular weight is 184 g/mol. The lowest BCUT2D eigenvalue weighted by Crippen LogP contribution is -2.30. The molecule has 0 bridgehead atoms. The molecule has 0 aliphatic rings. The molecule has 0 spiro atoms.